The number of likely N-dealkylation sites (tertiary alicyclic amines) is 1. The maximum atomic E-state index is 13.6. The van der Waals surface area contributed by atoms with Crippen LogP contribution in [0.4, 0.5) is 4.79 Å². The normalized spacial score (nSPS) is 27.6. The molecule has 7 nitrogen and oxygen atoms in total. The third kappa shape index (κ3) is 5.96. The summed E-state index contributed by atoms with van der Waals surface area (Å²) in [6.45, 7) is 13.1. The summed E-state index contributed by atoms with van der Waals surface area (Å²) in [5.74, 6) is 2.12. The molecule has 1 aromatic carbocycles. The number of amides is 2. The molecule has 2 fully saturated rings. The molecule has 0 bridgehead atoms. The van der Waals surface area contributed by atoms with E-state index in [-0.39, 0.29) is 35.6 Å². The van der Waals surface area contributed by atoms with Crippen molar-refractivity contribution in [2.45, 2.75) is 90.3 Å². The number of hydrogen-bond acceptors (Lipinski definition) is 6. The van der Waals surface area contributed by atoms with E-state index in [1.165, 1.54) is 5.56 Å². The van der Waals surface area contributed by atoms with Crippen LogP contribution in [0.2, 0.25) is 0 Å². The summed E-state index contributed by atoms with van der Waals surface area (Å²) in [6, 6.07) is 5.79. The Kier molecular flexibility index (Phi) is 7.87. The minimum Gasteiger partial charge on any atom is -0.487 e. The zero-order chi connectivity index (χ0) is 26.3. The molecule has 36 heavy (non-hydrogen) atoms. The van der Waals surface area contributed by atoms with Gasteiger partial charge in [-0.05, 0) is 84.4 Å². The lowest BCUT2D eigenvalue weighted by Crippen LogP contribution is -2.58. The van der Waals surface area contributed by atoms with E-state index < -0.39 is 17.7 Å². The molecule has 2 amide bonds. The number of piperidine rings is 1. The largest absolute Gasteiger partial charge is 0.487 e. The van der Waals surface area contributed by atoms with Gasteiger partial charge in [0.1, 0.15) is 23.0 Å². The van der Waals surface area contributed by atoms with Crippen molar-refractivity contribution in [1.82, 2.24) is 10.2 Å². The van der Waals surface area contributed by atoms with Crippen molar-refractivity contribution in [1.29, 1.82) is 0 Å². The molecule has 8 heteroatoms. The van der Waals surface area contributed by atoms with Gasteiger partial charge in [-0.15, -0.1) is 0 Å². The van der Waals surface area contributed by atoms with Crippen LogP contribution < -0.4 is 10.1 Å². The third-order valence-electron chi connectivity index (χ3n) is 7.56. The Morgan fingerprint density at radius 3 is 2.75 bits per heavy atom. The molecule has 0 unspecified atom stereocenters. The van der Waals surface area contributed by atoms with Gasteiger partial charge in [0.05, 0.1) is 12.2 Å². The van der Waals surface area contributed by atoms with E-state index in [9.17, 15) is 9.59 Å². The minimum atomic E-state index is -0.613. The highest BCUT2D eigenvalue weighted by atomic mass is 32.2. The fraction of sp³-hybridized carbons (Fsp3) is 0.714. The summed E-state index contributed by atoms with van der Waals surface area (Å²) in [6.07, 6.45) is 3.89. The number of rotatable bonds is 5. The van der Waals surface area contributed by atoms with Crippen molar-refractivity contribution in [2.24, 2.45) is 11.8 Å². The Morgan fingerprint density at radius 1 is 1.31 bits per heavy atom. The van der Waals surface area contributed by atoms with Gasteiger partial charge in [-0.1, -0.05) is 12.1 Å². The van der Waals surface area contributed by atoms with Crippen LogP contribution in [0.25, 0.3) is 0 Å². The summed E-state index contributed by atoms with van der Waals surface area (Å²) in [5.41, 5.74) is 1.35. The first kappa shape index (κ1) is 27.1. The number of alkyl carbamates (subject to hydrolysis) is 1. The van der Waals surface area contributed by atoms with Gasteiger partial charge >= 0.3 is 6.09 Å². The Hall–Kier alpha value is -1.93. The van der Waals surface area contributed by atoms with Crippen molar-refractivity contribution >= 4 is 23.8 Å². The Bertz CT molecular complexity index is 975. The molecule has 5 atom stereocenters. The second-order valence-corrected chi connectivity index (χ2v) is 13.0. The van der Waals surface area contributed by atoms with E-state index in [2.05, 4.69) is 44.3 Å². The molecule has 1 aromatic rings. The average molecular weight is 519 g/mol. The number of ether oxygens (including phenoxy) is 3. The molecule has 3 aliphatic heterocycles. The molecule has 1 N–H and O–H groups in total. The Balaban J connectivity index is 1.46. The topological polar surface area (TPSA) is 77.1 Å². The van der Waals surface area contributed by atoms with Gasteiger partial charge in [0.15, 0.2) is 0 Å². The number of carbonyl (C=O) groups is 2. The molecular formula is C28H42N2O5S. The van der Waals surface area contributed by atoms with Crippen LogP contribution >= 0.6 is 11.8 Å². The smallest absolute Gasteiger partial charge is 0.408 e. The molecule has 0 radical (unpaired) electrons. The van der Waals surface area contributed by atoms with Crippen LogP contribution in [0.3, 0.4) is 0 Å². The minimum absolute atomic E-state index is 0.0102. The zero-order valence-electron chi connectivity index (χ0n) is 22.8. The molecule has 0 aromatic heterocycles. The maximum Gasteiger partial charge on any atom is 0.408 e. The van der Waals surface area contributed by atoms with Gasteiger partial charge in [0, 0.05) is 30.5 Å². The lowest BCUT2D eigenvalue weighted by atomic mass is 9.70. The van der Waals surface area contributed by atoms with Crippen LogP contribution in [0.15, 0.2) is 18.2 Å². The lowest BCUT2D eigenvalue weighted by molar-refractivity contribution is -0.189. The lowest BCUT2D eigenvalue weighted by Gasteiger charge is -2.53. The van der Waals surface area contributed by atoms with Gasteiger partial charge in [-0.3, -0.25) is 4.79 Å². The SMILES string of the molecule is CSCC[C@@H](NC(=O)OC(C)(C)C)C(=O)N1CC[C@@H]2O[C@@H]3c4ccc(C)cc4OC(C)(C)[C@H]3C[C@@H]2C1. The molecular weight excluding hydrogens is 476 g/mol. The van der Waals surface area contributed by atoms with Crippen molar-refractivity contribution in [3.63, 3.8) is 0 Å². The highest BCUT2D eigenvalue weighted by Gasteiger charge is 2.51. The molecule has 3 aliphatic rings. The zero-order valence-corrected chi connectivity index (χ0v) is 23.6. The van der Waals surface area contributed by atoms with E-state index in [1.807, 2.05) is 31.9 Å². The standard InChI is InChI=1S/C28H42N2O5S/c1-17-8-9-19-23(14-17)34-28(5,6)20-15-18-16-30(12-10-22(18)33-24(19)20)25(31)21(11-13-36-7)29-26(32)35-27(2,3)4/h8-9,14,18,20-22,24H,10-13,15-16H2,1-7H3,(H,29,32)/t18-,20+,21-,22+,24-/m1/s1. The number of nitrogens with one attached hydrogen (secondary N) is 1. The number of benzene rings is 1. The molecule has 3 heterocycles. The summed E-state index contributed by atoms with van der Waals surface area (Å²) in [7, 11) is 0. The highest BCUT2D eigenvalue weighted by molar-refractivity contribution is 7.98. The van der Waals surface area contributed by atoms with Crippen LogP contribution in [0, 0.1) is 18.8 Å². The maximum absolute atomic E-state index is 13.6. The molecule has 2 saturated heterocycles. The predicted molar refractivity (Wildman–Crippen MR) is 142 cm³/mol. The van der Waals surface area contributed by atoms with Crippen LogP contribution in [-0.4, -0.2) is 65.3 Å². The highest BCUT2D eigenvalue weighted by Crippen LogP contribution is 2.53. The second-order valence-electron chi connectivity index (χ2n) is 12.0. The first-order chi connectivity index (χ1) is 16.9. The van der Waals surface area contributed by atoms with Crippen molar-refractivity contribution in [2.75, 3.05) is 25.1 Å². The van der Waals surface area contributed by atoms with Crippen LogP contribution in [0.5, 0.6) is 5.75 Å². The van der Waals surface area contributed by atoms with Crippen molar-refractivity contribution in [3.05, 3.63) is 29.3 Å². The second kappa shape index (κ2) is 10.4. The molecule has 0 spiro atoms. The first-order valence-corrected chi connectivity index (χ1v) is 14.5. The number of nitrogens with zero attached hydrogens (tertiary/aromatic N) is 1. The number of hydrogen-bond donors (Lipinski definition) is 1. The van der Waals surface area contributed by atoms with E-state index in [0.717, 1.165) is 29.9 Å². The monoisotopic (exact) mass is 518 g/mol. The Labute approximate surface area is 220 Å². The van der Waals surface area contributed by atoms with Gasteiger partial charge in [0.2, 0.25) is 5.91 Å². The summed E-state index contributed by atoms with van der Waals surface area (Å²) in [5, 5.41) is 2.83. The van der Waals surface area contributed by atoms with E-state index in [1.54, 1.807) is 11.8 Å². The fourth-order valence-electron chi connectivity index (χ4n) is 5.78. The summed E-state index contributed by atoms with van der Waals surface area (Å²) in [4.78, 5) is 27.9. The molecule has 0 saturated carbocycles. The average Bonchev–Trinajstić information content (AvgIpc) is 2.78. The van der Waals surface area contributed by atoms with Gasteiger partial charge < -0.3 is 24.4 Å². The van der Waals surface area contributed by atoms with Gasteiger partial charge in [0.25, 0.3) is 0 Å². The predicted octanol–water partition coefficient (Wildman–Crippen LogP) is 5.11. The number of carbonyl (C=O) groups excluding carboxylic acids is 2. The van der Waals surface area contributed by atoms with Crippen LogP contribution in [0.1, 0.15) is 71.1 Å². The van der Waals surface area contributed by atoms with Gasteiger partial charge in [-0.2, -0.15) is 11.8 Å². The van der Waals surface area contributed by atoms with E-state index >= 15 is 0 Å². The fourth-order valence-corrected chi connectivity index (χ4v) is 6.25. The number of thioether (sulfide) groups is 1. The molecule has 200 valence electrons. The Morgan fingerprint density at radius 2 is 2.06 bits per heavy atom. The van der Waals surface area contributed by atoms with E-state index in [4.69, 9.17) is 14.2 Å². The molecule has 0 aliphatic carbocycles. The number of aryl methyl sites for hydroxylation is 1. The first-order valence-electron chi connectivity index (χ1n) is 13.1. The van der Waals surface area contributed by atoms with Crippen molar-refractivity contribution < 1.29 is 23.8 Å². The van der Waals surface area contributed by atoms with Gasteiger partial charge in [-0.25, -0.2) is 4.79 Å². The summed E-state index contributed by atoms with van der Waals surface area (Å²) >= 11 is 1.66. The molecule has 4 rings (SSSR count). The summed E-state index contributed by atoms with van der Waals surface area (Å²) < 4.78 is 18.7. The van der Waals surface area contributed by atoms with Crippen molar-refractivity contribution in [3.8, 4) is 5.75 Å². The van der Waals surface area contributed by atoms with Crippen LogP contribution in [-0.2, 0) is 14.3 Å². The van der Waals surface area contributed by atoms with E-state index in [0.29, 0.717) is 19.5 Å². The quantitative estimate of drug-likeness (QED) is 0.584. The number of fused-ring (bicyclic) bond motifs is 4. The third-order valence-corrected chi connectivity index (χ3v) is 8.20.